The van der Waals surface area contributed by atoms with E-state index in [-0.39, 0.29) is 5.75 Å². The smallest absolute Gasteiger partial charge is 0.406 e. The first-order chi connectivity index (χ1) is 15.3. The molecule has 32 heavy (non-hydrogen) atoms. The van der Waals surface area contributed by atoms with Gasteiger partial charge in [0.15, 0.2) is 0 Å². The number of H-pyrrole nitrogens is 1. The number of hydrogen-bond acceptors (Lipinski definition) is 2. The van der Waals surface area contributed by atoms with Gasteiger partial charge in [-0.05, 0) is 53.1 Å². The number of nitrogens with one attached hydrogen (secondary N) is 1. The average molecular weight is 475 g/mol. The molecule has 0 aliphatic heterocycles. The molecule has 3 aromatic carbocycles. The van der Waals surface area contributed by atoms with Gasteiger partial charge in [0, 0.05) is 16.8 Å². The van der Waals surface area contributed by atoms with E-state index in [1.165, 1.54) is 18.2 Å². The highest BCUT2D eigenvalue weighted by atomic mass is 35.5. The number of aromatic nitrogens is 2. The number of alkyl halides is 3. The average Bonchev–Trinajstić information content (AvgIpc) is 3.20. The summed E-state index contributed by atoms with van der Waals surface area (Å²) in [6.07, 6.45) is 0.727. The van der Waals surface area contributed by atoms with Gasteiger partial charge in [-0.1, -0.05) is 65.7 Å². The van der Waals surface area contributed by atoms with Crippen LogP contribution in [0.25, 0.3) is 34.5 Å². The summed E-state index contributed by atoms with van der Waals surface area (Å²) in [7, 11) is 0. The standard InChI is InChI=1S/C24H15Cl2F3N2O/c25-18-9-10-20(21(26)13-18)22-14-30-23(31-22)11-6-15-4-7-16(8-5-15)17-2-1-3-19(12-17)32-24(27,28)29/h1-14H,(H,30,31). The molecular formula is C24H15Cl2F3N2O. The summed E-state index contributed by atoms with van der Waals surface area (Å²) in [5.74, 6) is 0.389. The minimum atomic E-state index is -4.72. The highest BCUT2D eigenvalue weighted by Gasteiger charge is 2.31. The summed E-state index contributed by atoms with van der Waals surface area (Å²) in [5.41, 5.74) is 3.76. The van der Waals surface area contributed by atoms with E-state index in [1.54, 1.807) is 24.4 Å². The zero-order valence-electron chi connectivity index (χ0n) is 16.3. The predicted octanol–water partition coefficient (Wildman–Crippen LogP) is 8.12. The molecule has 4 rings (SSSR count). The lowest BCUT2D eigenvalue weighted by molar-refractivity contribution is -0.274. The largest absolute Gasteiger partial charge is 0.573 e. The molecule has 0 bridgehead atoms. The number of hydrogen-bond donors (Lipinski definition) is 1. The Morgan fingerprint density at radius 3 is 2.38 bits per heavy atom. The molecule has 0 saturated heterocycles. The monoisotopic (exact) mass is 474 g/mol. The summed E-state index contributed by atoms with van der Waals surface area (Å²) in [6, 6.07) is 18.5. The van der Waals surface area contributed by atoms with E-state index < -0.39 is 6.36 Å². The molecule has 0 amide bonds. The van der Waals surface area contributed by atoms with E-state index >= 15 is 0 Å². The van der Waals surface area contributed by atoms with E-state index in [1.807, 2.05) is 42.5 Å². The number of imidazole rings is 1. The molecule has 0 radical (unpaired) electrons. The second kappa shape index (κ2) is 9.10. The van der Waals surface area contributed by atoms with Crippen molar-refractivity contribution < 1.29 is 17.9 Å². The second-order valence-corrected chi connectivity index (χ2v) is 7.67. The van der Waals surface area contributed by atoms with E-state index in [0.29, 0.717) is 27.1 Å². The number of aromatic amines is 1. The van der Waals surface area contributed by atoms with Crippen molar-refractivity contribution in [1.29, 1.82) is 0 Å². The fourth-order valence-electron chi connectivity index (χ4n) is 3.09. The van der Waals surface area contributed by atoms with E-state index in [4.69, 9.17) is 23.2 Å². The van der Waals surface area contributed by atoms with Crippen molar-refractivity contribution in [3.8, 4) is 28.1 Å². The van der Waals surface area contributed by atoms with Gasteiger partial charge in [0.05, 0.1) is 10.7 Å². The van der Waals surface area contributed by atoms with E-state index in [0.717, 1.165) is 16.7 Å². The Balaban J connectivity index is 1.48. The van der Waals surface area contributed by atoms with Gasteiger partial charge in [-0.3, -0.25) is 0 Å². The van der Waals surface area contributed by atoms with Gasteiger partial charge < -0.3 is 9.72 Å². The topological polar surface area (TPSA) is 37.9 Å². The summed E-state index contributed by atoms with van der Waals surface area (Å²) >= 11 is 12.2. The molecule has 0 saturated carbocycles. The third-order valence-corrected chi connectivity index (χ3v) is 5.10. The van der Waals surface area contributed by atoms with Crippen LogP contribution >= 0.6 is 23.2 Å². The zero-order valence-corrected chi connectivity index (χ0v) is 17.8. The summed E-state index contributed by atoms with van der Waals surface area (Å²) in [6.45, 7) is 0. The Hall–Kier alpha value is -3.22. The quantitative estimate of drug-likeness (QED) is 0.317. The fraction of sp³-hybridized carbons (Fsp3) is 0.0417. The molecule has 0 aliphatic carbocycles. The lowest BCUT2D eigenvalue weighted by Gasteiger charge is -2.10. The fourth-order valence-corrected chi connectivity index (χ4v) is 3.60. The third-order valence-electron chi connectivity index (χ3n) is 4.55. The van der Waals surface area contributed by atoms with Crippen LogP contribution in [0.3, 0.4) is 0 Å². The van der Waals surface area contributed by atoms with Gasteiger partial charge in [-0.25, -0.2) is 4.98 Å². The maximum absolute atomic E-state index is 12.4. The molecule has 4 aromatic rings. The predicted molar refractivity (Wildman–Crippen MR) is 122 cm³/mol. The molecule has 0 unspecified atom stereocenters. The van der Waals surface area contributed by atoms with E-state index in [9.17, 15) is 13.2 Å². The first kappa shape index (κ1) is 22.0. The van der Waals surface area contributed by atoms with Crippen molar-refractivity contribution in [2.24, 2.45) is 0 Å². The Labute approximate surface area is 192 Å². The minimum absolute atomic E-state index is 0.256. The molecular weight excluding hydrogens is 460 g/mol. The van der Waals surface area contributed by atoms with Gasteiger partial charge in [-0.2, -0.15) is 0 Å². The van der Waals surface area contributed by atoms with Crippen LogP contribution < -0.4 is 4.74 Å². The molecule has 1 heterocycles. The van der Waals surface area contributed by atoms with E-state index in [2.05, 4.69) is 14.7 Å². The van der Waals surface area contributed by atoms with Gasteiger partial charge >= 0.3 is 6.36 Å². The highest BCUT2D eigenvalue weighted by Crippen LogP contribution is 2.30. The first-order valence-corrected chi connectivity index (χ1v) is 10.2. The zero-order chi connectivity index (χ0) is 22.7. The van der Waals surface area contributed by atoms with Crippen molar-refractivity contribution in [1.82, 2.24) is 9.97 Å². The summed E-state index contributed by atoms with van der Waals surface area (Å²) in [4.78, 5) is 7.60. The molecule has 1 aromatic heterocycles. The van der Waals surface area contributed by atoms with Crippen molar-refractivity contribution in [3.05, 3.63) is 94.4 Å². The molecule has 0 fully saturated rings. The molecule has 0 atom stereocenters. The SMILES string of the molecule is FC(F)(F)Oc1cccc(-c2ccc(C=Cc3nc(-c4ccc(Cl)cc4Cl)c[nH]3)cc2)c1. The number of halogens is 5. The van der Waals surface area contributed by atoms with Crippen molar-refractivity contribution in [2.75, 3.05) is 0 Å². The minimum Gasteiger partial charge on any atom is -0.406 e. The van der Waals surface area contributed by atoms with Gasteiger partial charge in [0.1, 0.15) is 11.6 Å². The van der Waals surface area contributed by atoms with Gasteiger partial charge in [0.2, 0.25) is 0 Å². The maximum Gasteiger partial charge on any atom is 0.573 e. The molecule has 162 valence electrons. The molecule has 8 heteroatoms. The van der Waals surface area contributed by atoms with Gasteiger partial charge in [0.25, 0.3) is 0 Å². The Morgan fingerprint density at radius 2 is 1.66 bits per heavy atom. The Morgan fingerprint density at radius 1 is 0.875 bits per heavy atom. The summed E-state index contributed by atoms with van der Waals surface area (Å²) in [5, 5.41) is 1.07. The maximum atomic E-state index is 12.4. The van der Waals surface area contributed by atoms with Crippen LogP contribution in [-0.2, 0) is 0 Å². The normalized spacial score (nSPS) is 11.8. The van der Waals surface area contributed by atoms with Crippen LogP contribution in [0.15, 0.2) is 72.9 Å². The number of rotatable bonds is 5. The lowest BCUT2D eigenvalue weighted by atomic mass is 10.0. The number of benzene rings is 3. The van der Waals surface area contributed by atoms with Crippen LogP contribution in [0.4, 0.5) is 13.2 Å². The molecule has 3 nitrogen and oxygen atoms in total. The second-order valence-electron chi connectivity index (χ2n) is 6.83. The number of ether oxygens (including phenoxy) is 1. The van der Waals surface area contributed by atoms with Crippen LogP contribution in [0, 0.1) is 0 Å². The van der Waals surface area contributed by atoms with Crippen molar-refractivity contribution in [3.63, 3.8) is 0 Å². The third kappa shape index (κ3) is 5.52. The summed E-state index contributed by atoms with van der Waals surface area (Å²) < 4.78 is 41.3. The Bertz CT molecular complexity index is 1260. The number of nitrogens with zero attached hydrogens (tertiary/aromatic N) is 1. The van der Waals surface area contributed by atoms with Crippen LogP contribution in [-0.4, -0.2) is 16.3 Å². The first-order valence-electron chi connectivity index (χ1n) is 9.42. The lowest BCUT2D eigenvalue weighted by Crippen LogP contribution is -2.17. The molecule has 0 spiro atoms. The van der Waals surface area contributed by atoms with Crippen LogP contribution in [0.1, 0.15) is 11.4 Å². The van der Waals surface area contributed by atoms with Crippen LogP contribution in [0.5, 0.6) is 5.75 Å². The van der Waals surface area contributed by atoms with Crippen molar-refractivity contribution >= 4 is 35.4 Å². The molecule has 1 N–H and O–H groups in total. The molecule has 0 aliphatic rings. The van der Waals surface area contributed by atoms with Crippen molar-refractivity contribution in [2.45, 2.75) is 6.36 Å². The Kier molecular flexibility index (Phi) is 6.26. The van der Waals surface area contributed by atoms with Crippen LogP contribution in [0.2, 0.25) is 10.0 Å². The van der Waals surface area contributed by atoms with Gasteiger partial charge in [-0.15, -0.1) is 13.2 Å². The highest BCUT2D eigenvalue weighted by molar-refractivity contribution is 6.36.